The number of hydrogen-bond acceptors (Lipinski definition) is 4. The van der Waals surface area contributed by atoms with Gasteiger partial charge in [-0.15, -0.1) is 5.10 Å². The first-order chi connectivity index (χ1) is 9.15. The van der Waals surface area contributed by atoms with Crippen LogP contribution in [0.15, 0.2) is 16.6 Å². The van der Waals surface area contributed by atoms with Gasteiger partial charge in [0.25, 0.3) is 0 Å². The molecular formula is C11H10BrF2N5. The van der Waals surface area contributed by atoms with Crippen LogP contribution < -0.4 is 5.32 Å². The molecule has 0 unspecified atom stereocenters. The van der Waals surface area contributed by atoms with Crippen LogP contribution in [0.25, 0.3) is 5.69 Å². The van der Waals surface area contributed by atoms with Crippen molar-refractivity contribution >= 4 is 15.9 Å². The normalized spacial score (nSPS) is 14.9. The molecule has 0 saturated heterocycles. The Morgan fingerprint density at radius 1 is 1.37 bits per heavy atom. The molecule has 1 saturated carbocycles. The zero-order chi connectivity index (χ0) is 13.4. The number of benzene rings is 1. The molecule has 5 nitrogen and oxygen atoms in total. The molecule has 1 heterocycles. The van der Waals surface area contributed by atoms with Crippen LogP contribution in [0, 0.1) is 11.6 Å². The molecular weight excluding hydrogens is 320 g/mol. The molecule has 0 spiro atoms. The van der Waals surface area contributed by atoms with Crippen LogP contribution in [-0.2, 0) is 6.54 Å². The third-order valence-corrected chi connectivity index (χ3v) is 3.46. The van der Waals surface area contributed by atoms with E-state index in [1.807, 2.05) is 0 Å². The van der Waals surface area contributed by atoms with Gasteiger partial charge in [0.05, 0.1) is 6.54 Å². The summed E-state index contributed by atoms with van der Waals surface area (Å²) in [5, 5.41) is 14.4. The Balaban J connectivity index is 1.95. The van der Waals surface area contributed by atoms with Crippen molar-refractivity contribution in [2.75, 3.05) is 0 Å². The Morgan fingerprint density at radius 3 is 2.84 bits per heavy atom. The van der Waals surface area contributed by atoms with Gasteiger partial charge >= 0.3 is 0 Å². The molecule has 19 heavy (non-hydrogen) atoms. The number of hydrogen-bond donors (Lipinski definition) is 1. The predicted octanol–water partition coefficient (Wildman–Crippen LogP) is 1.95. The number of halogens is 3. The molecule has 1 aliphatic carbocycles. The predicted molar refractivity (Wildman–Crippen MR) is 66.6 cm³/mol. The average Bonchev–Trinajstić information content (AvgIpc) is 3.06. The van der Waals surface area contributed by atoms with E-state index in [9.17, 15) is 8.78 Å². The van der Waals surface area contributed by atoms with Gasteiger partial charge in [-0.1, -0.05) is 0 Å². The van der Waals surface area contributed by atoms with Crippen molar-refractivity contribution in [1.82, 2.24) is 25.5 Å². The van der Waals surface area contributed by atoms with E-state index in [0.29, 0.717) is 18.4 Å². The van der Waals surface area contributed by atoms with Crippen LogP contribution in [0.3, 0.4) is 0 Å². The Morgan fingerprint density at radius 2 is 2.16 bits per heavy atom. The van der Waals surface area contributed by atoms with E-state index in [2.05, 4.69) is 36.8 Å². The van der Waals surface area contributed by atoms with E-state index < -0.39 is 11.6 Å². The van der Waals surface area contributed by atoms with Crippen molar-refractivity contribution < 1.29 is 8.78 Å². The molecule has 0 radical (unpaired) electrons. The zero-order valence-electron chi connectivity index (χ0n) is 9.78. The third-order valence-electron chi connectivity index (χ3n) is 2.85. The fourth-order valence-electron chi connectivity index (χ4n) is 1.75. The van der Waals surface area contributed by atoms with E-state index in [0.717, 1.165) is 18.9 Å². The van der Waals surface area contributed by atoms with Crippen LogP contribution in [-0.4, -0.2) is 26.2 Å². The topological polar surface area (TPSA) is 55.6 Å². The molecule has 1 aromatic carbocycles. The maximum atomic E-state index is 13.9. The summed E-state index contributed by atoms with van der Waals surface area (Å²) in [5.74, 6) is -0.885. The Kier molecular flexibility index (Phi) is 3.28. The van der Waals surface area contributed by atoms with E-state index in [4.69, 9.17) is 0 Å². The second-order valence-corrected chi connectivity index (χ2v) is 5.23. The first kappa shape index (κ1) is 12.6. The largest absolute Gasteiger partial charge is 0.307 e. The van der Waals surface area contributed by atoms with Crippen LogP contribution in [0.2, 0.25) is 0 Å². The molecule has 100 valence electrons. The van der Waals surface area contributed by atoms with Crippen molar-refractivity contribution in [2.24, 2.45) is 0 Å². The molecule has 1 fully saturated rings. The van der Waals surface area contributed by atoms with E-state index >= 15 is 0 Å². The smallest absolute Gasteiger partial charge is 0.170 e. The lowest BCUT2D eigenvalue weighted by molar-refractivity contribution is 0.562. The lowest BCUT2D eigenvalue weighted by atomic mass is 10.3. The summed E-state index contributed by atoms with van der Waals surface area (Å²) in [4.78, 5) is 0. The number of aromatic nitrogens is 4. The molecule has 1 N–H and O–H groups in total. The summed E-state index contributed by atoms with van der Waals surface area (Å²) < 4.78 is 28.5. The Labute approximate surface area is 116 Å². The van der Waals surface area contributed by atoms with E-state index in [1.165, 1.54) is 10.7 Å². The van der Waals surface area contributed by atoms with Gasteiger partial charge in [0, 0.05) is 16.6 Å². The van der Waals surface area contributed by atoms with Crippen molar-refractivity contribution in [3.05, 3.63) is 34.1 Å². The van der Waals surface area contributed by atoms with Gasteiger partial charge < -0.3 is 5.32 Å². The number of tetrazole rings is 1. The van der Waals surface area contributed by atoms with Gasteiger partial charge in [-0.3, -0.25) is 0 Å². The molecule has 0 atom stereocenters. The monoisotopic (exact) mass is 329 g/mol. The highest BCUT2D eigenvalue weighted by Crippen LogP contribution is 2.26. The summed E-state index contributed by atoms with van der Waals surface area (Å²) in [7, 11) is 0. The first-order valence-electron chi connectivity index (χ1n) is 5.80. The second-order valence-electron chi connectivity index (χ2n) is 4.38. The second kappa shape index (κ2) is 4.93. The minimum Gasteiger partial charge on any atom is -0.307 e. The summed E-state index contributed by atoms with van der Waals surface area (Å²) >= 11 is 3.13. The zero-order valence-corrected chi connectivity index (χ0v) is 11.4. The van der Waals surface area contributed by atoms with Crippen molar-refractivity contribution in [2.45, 2.75) is 25.4 Å². The number of rotatable bonds is 4. The van der Waals surface area contributed by atoms with Crippen LogP contribution >= 0.6 is 15.9 Å². The summed E-state index contributed by atoms with van der Waals surface area (Å²) in [6, 6.07) is 2.48. The fraction of sp³-hybridized carbons (Fsp3) is 0.364. The van der Waals surface area contributed by atoms with Crippen LogP contribution in [0.1, 0.15) is 18.7 Å². The summed E-state index contributed by atoms with van der Waals surface area (Å²) in [5.41, 5.74) is 0.110. The SMILES string of the molecule is Fc1cc(F)c(-n2nnnc2CNC2CC2)c(Br)c1. The molecule has 2 aromatic rings. The highest BCUT2D eigenvalue weighted by Gasteiger charge is 2.22. The van der Waals surface area contributed by atoms with Crippen LogP contribution in [0.4, 0.5) is 8.78 Å². The first-order valence-corrected chi connectivity index (χ1v) is 6.60. The highest BCUT2D eigenvalue weighted by molar-refractivity contribution is 9.10. The summed E-state index contributed by atoms with van der Waals surface area (Å²) in [6.07, 6.45) is 2.27. The molecule has 3 rings (SSSR count). The van der Waals surface area contributed by atoms with E-state index in [1.54, 1.807) is 0 Å². The lowest BCUT2D eigenvalue weighted by Crippen LogP contribution is -2.19. The maximum Gasteiger partial charge on any atom is 0.170 e. The molecule has 1 aromatic heterocycles. The van der Waals surface area contributed by atoms with Crippen molar-refractivity contribution in [3.63, 3.8) is 0 Å². The third kappa shape index (κ3) is 2.64. The molecule has 8 heteroatoms. The Hall–Kier alpha value is -1.41. The molecule has 1 aliphatic rings. The van der Waals surface area contributed by atoms with Crippen molar-refractivity contribution in [1.29, 1.82) is 0 Å². The van der Waals surface area contributed by atoms with Crippen molar-refractivity contribution in [3.8, 4) is 5.69 Å². The van der Waals surface area contributed by atoms with Gasteiger partial charge in [0.15, 0.2) is 11.6 Å². The molecule has 0 bridgehead atoms. The van der Waals surface area contributed by atoms with E-state index in [-0.39, 0.29) is 10.2 Å². The standard InChI is InChI=1S/C11H10BrF2N5/c12-8-3-6(13)4-9(14)11(8)19-10(16-17-18-19)5-15-7-1-2-7/h3-4,7,15H,1-2,5H2. The minimum absolute atomic E-state index is 0.110. The van der Waals surface area contributed by atoms with Gasteiger partial charge in [-0.2, -0.15) is 4.68 Å². The fourth-order valence-corrected chi connectivity index (χ4v) is 2.33. The average molecular weight is 330 g/mol. The maximum absolute atomic E-state index is 13.9. The minimum atomic E-state index is -0.716. The van der Waals surface area contributed by atoms with Gasteiger partial charge in [0.1, 0.15) is 11.5 Å². The number of nitrogens with zero attached hydrogens (tertiary/aromatic N) is 4. The lowest BCUT2D eigenvalue weighted by Gasteiger charge is -2.08. The van der Waals surface area contributed by atoms with Gasteiger partial charge in [0.2, 0.25) is 0 Å². The molecule has 0 amide bonds. The van der Waals surface area contributed by atoms with Crippen LogP contribution in [0.5, 0.6) is 0 Å². The number of nitrogens with one attached hydrogen (secondary N) is 1. The van der Waals surface area contributed by atoms with Gasteiger partial charge in [-0.05, 0) is 45.3 Å². The quantitative estimate of drug-likeness (QED) is 0.931. The summed E-state index contributed by atoms with van der Waals surface area (Å²) in [6.45, 7) is 0.445. The highest BCUT2D eigenvalue weighted by atomic mass is 79.9. The van der Waals surface area contributed by atoms with Gasteiger partial charge in [-0.25, -0.2) is 8.78 Å². The molecule has 0 aliphatic heterocycles. The Bertz CT molecular complexity index is 588.